The van der Waals surface area contributed by atoms with Gasteiger partial charge in [-0.05, 0) is 31.2 Å². The number of carbonyl (C=O) groups is 1. The van der Waals surface area contributed by atoms with Crippen molar-refractivity contribution in [1.82, 2.24) is 0 Å². The van der Waals surface area contributed by atoms with Crippen LogP contribution in [0, 0.1) is 0 Å². The molecule has 0 amide bonds. The fraction of sp³-hybridized carbons (Fsp3) is 0.125. The molecule has 0 atom stereocenters. The number of hydrogen-bond donors (Lipinski definition) is 0. The van der Waals surface area contributed by atoms with Crippen molar-refractivity contribution in [1.29, 1.82) is 0 Å². The Kier molecular flexibility index (Phi) is 3.21. The molecule has 0 fully saturated rings. The maximum absolute atomic E-state index is 12.0. The van der Waals surface area contributed by atoms with Crippen molar-refractivity contribution in [2.75, 3.05) is 6.61 Å². The first-order valence-electron chi connectivity index (χ1n) is 6.45. The highest BCUT2D eigenvalue weighted by Crippen LogP contribution is 2.19. The molecule has 100 valence electrons. The smallest absolute Gasteiger partial charge is 0.344 e. The minimum absolute atomic E-state index is 0.317. The topological polar surface area (TPSA) is 43.5 Å². The molecule has 0 bridgehead atoms. The molecule has 4 heteroatoms. The standard InChI is InChI=1S/C16H14NO3/c1-2-19-16(18)12-8-9-14(15-7-5-11-20-15)17-10-4-3-6-13(12)17/h3-11H,2H2,1H3/q+1. The van der Waals surface area contributed by atoms with Crippen LogP contribution in [0.2, 0.25) is 0 Å². The van der Waals surface area contributed by atoms with E-state index >= 15 is 0 Å². The number of rotatable bonds is 3. The average molecular weight is 268 g/mol. The molecular weight excluding hydrogens is 254 g/mol. The van der Waals surface area contributed by atoms with E-state index in [1.807, 2.05) is 47.0 Å². The predicted molar refractivity (Wildman–Crippen MR) is 73.3 cm³/mol. The summed E-state index contributed by atoms with van der Waals surface area (Å²) in [6.45, 7) is 2.15. The highest BCUT2D eigenvalue weighted by atomic mass is 16.5. The summed E-state index contributed by atoms with van der Waals surface area (Å²) in [5, 5.41) is 0. The SMILES string of the molecule is CCOC(=O)c1ccc(-c2ccco2)[n+]2ccccc12. The summed E-state index contributed by atoms with van der Waals surface area (Å²) in [6.07, 6.45) is 3.53. The molecule has 3 aromatic rings. The molecule has 4 nitrogen and oxygen atoms in total. The fourth-order valence-corrected chi connectivity index (χ4v) is 2.21. The number of ether oxygens (including phenoxy) is 1. The number of esters is 1. The van der Waals surface area contributed by atoms with Crippen molar-refractivity contribution >= 4 is 11.5 Å². The van der Waals surface area contributed by atoms with E-state index in [-0.39, 0.29) is 5.97 Å². The molecule has 3 aromatic heterocycles. The van der Waals surface area contributed by atoms with Crippen molar-refractivity contribution in [3.63, 3.8) is 0 Å². The molecule has 0 aliphatic rings. The van der Waals surface area contributed by atoms with E-state index in [1.165, 1.54) is 0 Å². The molecule has 0 saturated carbocycles. The van der Waals surface area contributed by atoms with Crippen LogP contribution < -0.4 is 4.40 Å². The van der Waals surface area contributed by atoms with Gasteiger partial charge in [-0.15, -0.1) is 0 Å². The molecule has 3 heterocycles. The molecule has 0 aromatic carbocycles. The van der Waals surface area contributed by atoms with Crippen LogP contribution in [0.4, 0.5) is 0 Å². The van der Waals surface area contributed by atoms with Gasteiger partial charge in [-0.25, -0.2) is 4.79 Å². The van der Waals surface area contributed by atoms with E-state index < -0.39 is 0 Å². The van der Waals surface area contributed by atoms with Crippen LogP contribution in [0.25, 0.3) is 17.0 Å². The maximum atomic E-state index is 12.0. The zero-order valence-corrected chi connectivity index (χ0v) is 11.1. The first-order valence-corrected chi connectivity index (χ1v) is 6.45. The van der Waals surface area contributed by atoms with Gasteiger partial charge < -0.3 is 9.15 Å². The number of pyridine rings is 2. The van der Waals surface area contributed by atoms with Crippen LogP contribution in [0.3, 0.4) is 0 Å². The Balaban J connectivity index is 2.23. The van der Waals surface area contributed by atoms with Gasteiger partial charge in [0, 0.05) is 18.2 Å². The quantitative estimate of drug-likeness (QED) is 0.542. The van der Waals surface area contributed by atoms with Gasteiger partial charge in [0.1, 0.15) is 5.56 Å². The third kappa shape index (κ3) is 2.05. The Hall–Kier alpha value is -2.62. The highest BCUT2D eigenvalue weighted by molar-refractivity contribution is 5.96. The lowest BCUT2D eigenvalue weighted by molar-refractivity contribution is -0.500. The molecule has 3 rings (SSSR count). The first kappa shape index (κ1) is 12.4. The van der Waals surface area contributed by atoms with Crippen molar-refractivity contribution < 1.29 is 18.3 Å². The Morgan fingerprint density at radius 2 is 2.10 bits per heavy atom. The number of carbonyl (C=O) groups excluding carboxylic acids is 1. The van der Waals surface area contributed by atoms with Crippen LogP contribution >= 0.6 is 0 Å². The second kappa shape index (κ2) is 5.17. The maximum Gasteiger partial charge on any atom is 0.344 e. The average Bonchev–Trinajstić information content (AvgIpc) is 3.00. The van der Waals surface area contributed by atoms with E-state index in [1.54, 1.807) is 19.3 Å². The summed E-state index contributed by atoms with van der Waals surface area (Å²) in [4.78, 5) is 12.0. The van der Waals surface area contributed by atoms with Crippen molar-refractivity contribution in [2.45, 2.75) is 6.92 Å². The lowest BCUT2D eigenvalue weighted by Crippen LogP contribution is -2.27. The molecular formula is C16H14NO3+. The zero-order valence-electron chi connectivity index (χ0n) is 11.1. The third-order valence-corrected chi connectivity index (χ3v) is 3.07. The van der Waals surface area contributed by atoms with Crippen LogP contribution in [-0.4, -0.2) is 12.6 Å². The summed E-state index contributed by atoms with van der Waals surface area (Å²) in [7, 11) is 0. The zero-order chi connectivity index (χ0) is 13.9. The summed E-state index contributed by atoms with van der Waals surface area (Å²) >= 11 is 0. The molecule has 0 aliphatic heterocycles. The molecule has 20 heavy (non-hydrogen) atoms. The van der Waals surface area contributed by atoms with Gasteiger partial charge in [-0.2, -0.15) is 4.40 Å². The van der Waals surface area contributed by atoms with Crippen molar-refractivity contribution in [3.8, 4) is 11.5 Å². The van der Waals surface area contributed by atoms with Crippen molar-refractivity contribution in [3.05, 3.63) is 60.5 Å². The van der Waals surface area contributed by atoms with Gasteiger partial charge in [0.25, 0.3) is 5.69 Å². The van der Waals surface area contributed by atoms with Gasteiger partial charge in [-0.3, -0.25) is 0 Å². The Bertz CT molecular complexity index is 748. The van der Waals surface area contributed by atoms with Gasteiger partial charge in [-0.1, -0.05) is 0 Å². The van der Waals surface area contributed by atoms with Gasteiger partial charge in [0.05, 0.1) is 12.9 Å². The molecule has 0 unspecified atom stereocenters. The van der Waals surface area contributed by atoms with Gasteiger partial charge >= 0.3 is 5.97 Å². The molecule has 0 radical (unpaired) electrons. The van der Waals surface area contributed by atoms with E-state index in [4.69, 9.17) is 9.15 Å². The lowest BCUT2D eigenvalue weighted by atomic mass is 10.1. The largest absolute Gasteiger partial charge is 0.462 e. The van der Waals surface area contributed by atoms with Gasteiger partial charge in [0.15, 0.2) is 12.0 Å². The minimum atomic E-state index is -0.317. The summed E-state index contributed by atoms with van der Waals surface area (Å²) in [6, 6.07) is 13.0. The Labute approximate surface area is 116 Å². The summed E-state index contributed by atoms with van der Waals surface area (Å²) in [5.41, 5.74) is 2.22. The number of hydrogen-bond acceptors (Lipinski definition) is 3. The highest BCUT2D eigenvalue weighted by Gasteiger charge is 2.21. The Morgan fingerprint density at radius 3 is 2.85 bits per heavy atom. The monoisotopic (exact) mass is 268 g/mol. The van der Waals surface area contributed by atoms with E-state index in [0.29, 0.717) is 12.2 Å². The third-order valence-electron chi connectivity index (χ3n) is 3.07. The minimum Gasteiger partial charge on any atom is -0.462 e. The normalized spacial score (nSPS) is 10.7. The number of furan rings is 1. The van der Waals surface area contributed by atoms with Crippen molar-refractivity contribution in [2.24, 2.45) is 0 Å². The Morgan fingerprint density at radius 1 is 1.20 bits per heavy atom. The predicted octanol–water partition coefficient (Wildman–Crippen LogP) is 2.86. The van der Waals surface area contributed by atoms with E-state index in [2.05, 4.69) is 0 Å². The van der Waals surface area contributed by atoms with Crippen LogP contribution in [0.15, 0.2) is 59.3 Å². The van der Waals surface area contributed by atoms with E-state index in [0.717, 1.165) is 17.0 Å². The molecule has 0 N–H and O–H groups in total. The molecule has 0 aliphatic carbocycles. The second-order valence-corrected chi connectivity index (χ2v) is 4.29. The second-order valence-electron chi connectivity index (χ2n) is 4.29. The van der Waals surface area contributed by atoms with E-state index in [9.17, 15) is 4.79 Å². The summed E-state index contributed by atoms with van der Waals surface area (Å²) < 4.78 is 12.5. The molecule has 0 saturated heterocycles. The number of nitrogens with zero attached hydrogens (tertiary/aromatic N) is 1. The number of aromatic nitrogens is 1. The fourth-order valence-electron chi connectivity index (χ4n) is 2.21. The van der Waals surface area contributed by atoms with Crippen LogP contribution in [0.5, 0.6) is 0 Å². The molecule has 0 spiro atoms. The van der Waals surface area contributed by atoms with Gasteiger partial charge in [0.2, 0.25) is 5.52 Å². The van der Waals surface area contributed by atoms with Crippen LogP contribution in [0.1, 0.15) is 17.3 Å². The summed E-state index contributed by atoms with van der Waals surface area (Å²) in [5.74, 6) is 0.434. The first-order chi connectivity index (χ1) is 9.81. The number of fused-ring (bicyclic) bond motifs is 1. The lowest BCUT2D eigenvalue weighted by Gasteiger charge is -2.03. The van der Waals surface area contributed by atoms with Crippen LogP contribution in [-0.2, 0) is 4.74 Å².